The highest BCUT2D eigenvalue weighted by Gasteiger charge is 2.41. The zero-order chi connectivity index (χ0) is 31.8. The van der Waals surface area contributed by atoms with Gasteiger partial charge < -0.3 is 0 Å². The van der Waals surface area contributed by atoms with Crippen molar-refractivity contribution < 1.29 is 4.57 Å². The number of aryl methyl sites for hydroxylation is 1. The normalized spacial score (nSPS) is 13.6. The number of imidazole rings is 1. The second-order valence-corrected chi connectivity index (χ2v) is 14.2. The summed E-state index contributed by atoms with van der Waals surface area (Å²) in [5.74, 6) is 1.87. The number of nitrogens with zero attached hydrogens (tertiary/aromatic N) is 1. The number of rotatable bonds is 27. The van der Waals surface area contributed by atoms with Crippen LogP contribution in [0.4, 0.5) is 0 Å². The summed E-state index contributed by atoms with van der Waals surface area (Å²) in [6, 6.07) is 22.6. The van der Waals surface area contributed by atoms with E-state index >= 15 is 0 Å². The van der Waals surface area contributed by atoms with Crippen molar-refractivity contribution in [2.75, 3.05) is 0 Å². The highest BCUT2D eigenvalue weighted by atomic mass is 15.1. The van der Waals surface area contributed by atoms with Gasteiger partial charge in [0.05, 0.1) is 12.5 Å². The Bertz CT molecular complexity index is 1090. The number of unbranched alkanes of at least 4 members (excludes halogenated alkanes) is 18. The van der Waals surface area contributed by atoms with Gasteiger partial charge in [0.25, 0.3) is 5.82 Å². The predicted molar refractivity (Wildman–Crippen MR) is 196 cm³/mol. The second-order valence-electron chi connectivity index (χ2n) is 14.2. The highest BCUT2D eigenvalue weighted by Crippen LogP contribution is 2.43. The fourth-order valence-electron chi connectivity index (χ4n) is 7.50. The molecule has 3 rings (SSSR count). The van der Waals surface area contributed by atoms with Crippen molar-refractivity contribution in [2.24, 2.45) is 0 Å². The summed E-state index contributed by atoms with van der Waals surface area (Å²) in [4.78, 5) is 3.78. The van der Waals surface area contributed by atoms with E-state index in [-0.39, 0.29) is 5.41 Å². The minimum Gasteiger partial charge on any atom is -0.247 e. The molecule has 2 aromatic carbocycles. The lowest BCUT2D eigenvalue weighted by atomic mass is 9.66. The number of hydrogen-bond acceptors (Lipinski definition) is 0. The van der Waals surface area contributed by atoms with Crippen LogP contribution in [0, 0.1) is 0 Å². The van der Waals surface area contributed by atoms with Gasteiger partial charge in [-0.3, -0.25) is 0 Å². The Labute approximate surface area is 278 Å². The van der Waals surface area contributed by atoms with Crippen LogP contribution < -0.4 is 4.57 Å². The minimum atomic E-state index is 0.00737. The number of nitrogens with one attached hydrogen (secondary N) is 1. The van der Waals surface area contributed by atoms with Crippen LogP contribution in [0.3, 0.4) is 0 Å². The molecule has 0 aliphatic heterocycles. The molecular weight excluding hydrogens is 544 g/mol. The van der Waals surface area contributed by atoms with Crippen molar-refractivity contribution >= 4 is 0 Å². The van der Waals surface area contributed by atoms with Crippen molar-refractivity contribution in [1.29, 1.82) is 0 Å². The van der Waals surface area contributed by atoms with Crippen molar-refractivity contribution in [1.82, 2.24) is 4.98 Å². The molecule has 0 fully saturated rings. The summed E-state index contributed by atoms with van der Waals surface area (Å²) >= 11 is 0. The zero-order valence-corrected chi connectivity index (χ0v) is 29.7. The van der Waals surface area contributed by atoms with Crippen molar-refractivity contribution in [2.45, 2.75) is 180 Å². The largest absolute Gasteiger partial charge is 0.258 e. The van der Waals surface area contributed by atoms with Gasteiger partial charge in [-0.1, -0.05) is 197 Å². The molecular formula is C43H69N2+. The minimum absolute atomic E-state index is 0.00737. The van der Waals surface area contributed by atoms with Crippen LogP contribution in [0.5, 0.6) is 0 Å². The highest BCUT2D eigenvalue weighted by molar-refractivity contribution is 5.32. The molecule has 2 atom stereocenters. The molecule has 0 spiro atoms. The topological polar surface area (TPSA) is 19.7 Å². The molecule has 0 bridgehead atoms. The van der Waals surface area contributed by atoms with E-state index in [4.69, 9.17) is 0 Å². The van der Waals surface area contributed by atoms with Crippen LogP contribution in [-0.2, 0) is 18.4 Å². The summed E-state index contributed by atoms with van der Waals surface area (Å²) in [6.45, 7) is 8.27. The number of aromatic nitrogens is 2. The summed E-state index contributed by atoms with van der Waals surface area (Å²) < 4.78 is 2.56. The molecule has 3 aromatic rings. The quantitative estimate of drug-likeness (QED) is 0.0652. The Balaban J connectivity index is 1.58. The van der Waals surface area contributed by atoms with E-state index in [2.05, 4.69) is 103 Å². The maximum absolute atomic E-state index is 3.78. The van der Waals surface area contributed by atoms with Crippen molar-refractivity contribution in [3.8, 4) is 0 Å². The molecule has 2 heteroatoms. The van der Waals surface area contributed by atoms with Crippen LogP contribution in [0.15, 0.2) is 73.1 Å². The molecule has 0 amide bonds. The molecule has 250 valence electrons. The molecule has 1 heterocycles. The Kier molecular flexibility index (Phi) is 19.0. The smallest absolute Gasteiger partial charge is 0.247 e. The van der Waals surface area contributed by atoms with Gasteiger partial charge in [0.1, 0.15) is 12.4 Å². The average molecular weight is 614 g/mol. The van der Waals surface area contributed by atoms with E-state index in [9.17, 15) is 0 Å². The average Bonchev–Trinajstić information content (AvgIpc) is 3.53. The van der Waals surface area contributed by atoms with Gasteiger partial charge in [-0.25, -0.2) is 9.55 Å². The van der Waals surface area contributed by atoms with Crippen LogP contribution in [-0.4, -0.2) is 4.98 Å². The summed E-state index contributed by atoms with van der Waals surface area (Å²) in [6.07, 6.45) is 34.6. The van der Waals surface area contributed by atoms with Crippen LogP contribution >= 0.6 is 0 Å². The van der Waals surface area contributed by atoms with Gasteiger partial charge >= 0.3 is 0 Å². The van der Waals surface area contributed by atoms with Gasteiger partial charge in [0, 0.05) is 5.41 Å². The van der Waals surface area contributed by atoms with E-state index in [1.165, 1.54) is 152 Å². The third kappa shape index (κ3) is 13.9. The number of H-pyrrole nitrogens is 1. The molecule has 2 nitrogen and oxygen atoms in total. The first-order valence-corrected chi connectivity index (χ1v) is 19.3. The van der Waals surface area contributed by atoms with E-state index in [0.29, 0.717) is 5.92 Å². The SMILES string of the molecule is CCCCCCCCCCCCCCCCCC(c1[nH]cc[n+]1CCCCCCC)C(C)(Cc1ccccc1)c1ccccc1. The van der Waals surface area contributed by atoms with E-state index in [1.807, 2.05) is 0 Å². The van der Waals surface area contributed by atoms with Crippen molar-refractivity contribution in [3.05, 3.63) is 90.0 Å². The van der Waals surface area contributed by atoms with Gasteiger partial charge in [0.2, 0.25) is 0 Å². The first-order valence-electron chi connectivity index (χ1n) is 19.3. The Morgan fingerprint density at radius 1 is 0.578 bits per heavy atom. The fraction of sp³-hybridized carbons (Fsp3) is 0.651. The predicted octanol–water partition coefficient (Wildman–Crippen LogP) is 12.8. The summed E-state index contributed by atoms with van der Waals surface area (Å²) in [7, 11) is 0. The van der Waals surface area contributed by atoms with Gasteiger partial charge in [-0.15, -0.1) is 0 Å². The number of benzene rings is 2. The molecule has 45 heavy (non-hydrogen) atoms. The Morgan fingerprint density at radius 3 is 1.58 bits per heavy atom. The summed E-state index contributed by atoms with van der Waals surface area (Å²) in [5, 5.41) is 0. The van der Waals surface area contributed by atoms with E-state index in [1.54, 1.807) is 0 Å². The van der Waals surface area contributed by atoms with Crippen LogP contribution in [0.25, 0.3) is 0 Å². The van der Waals surface area contributed by atoms with Crippen LogP contribution in [0.1, 0.15) is 178 Å². The summed E-state index contributed by atoms with van der Waals surface area (Å²) in [5.41, 5.74) is 2.90. The number of hydrogen-bond donors (Lipinski definition) is 1. The van der Waals surface area contributed by atoms with Crippen LogP contribution in [0.2, 0.25) is 0 Å². The Morgan fingerprint density at radius 2 is 1.04 bits per heavy atom. The maximum atomic E-state index is 3.78. The molecule has 0 aliphatic rings. The molecule has 0 aliphatic carbocycles. The maximum Gasteiger partial charge on any atom is 0.258 e. The Hall–Kier alpha value is -2.35. The zero-order valence-electron chi connectivity index (χ0n) is 29.7. The molecule has 0 radical (unpaired) electrons. The second kappa shape index (κ2) is 23.0. The first-order chi connectivity index (χ1) is 22.2. The molecule has 1 N–H and O–H groups in total. The lowest BCUT2D eigenvalue weighted by molar-refractivity contribution is -0.705. The van der Waals surface area contributed by atoms with Gasteiger partial charge in [-0.2, -0.15) is 0 Å². The molecule has 0 saturated heterocycles. The standard InChI is InChI=1S/C43H68N2/c1-4-6-8-10-11-12-13-14-15-16-17-18-19-20-28-34-41(42-44-35-37-45(42)36-29-21-9-7-5-2)43(3,40-32-26-23-27-33-40)38-39-30-24-22-25-31-39/h22-27,30-33,35,37,41H,4-21,28-29,34,36,38H2,1-3H3/p+1. The fourth-order valence-corrected chi connectivity index (χ4v) is 7.50. The third-order valence-electron chi connectivity index (χ3n) is 10.3. The van der Waals surface area contributed by atoms with Gasteiger partial charge in [-0.05, 0) is 36.8 Å². The molecule has 1 aromatic heterocycles. The monoisotopic (exact) mass is 614 g/mol. The molecule has 0 saturated carbocycles. The lowest BCUT2D eigenvalue weighted by Gasteiger charge is -2.37. The third-order valence-corrected chi connectivity index (χ3v) is 10.3. The number of aromatic amines is 1. The van der Waals surface area contributed by atoms with E-state index in [0.717, 1.165) is 13.0 Å². The molecule has 2 unspecified atom stereocenters. The van der Waals surface area contributed by atoms with Gasteiger partial charge in [0.15, 0.2) is 0 Å². The van der Waals surface area contributed by atoms with Crippen molar-refractivity contribution in [3.63, 3.8) is 0 Å². The first kappa shape index (κ1) is 37.1. The lowest BCUT2D eigenvalue weighted by Crippen LogP contribution is -2.43. The van der Waals surface area contributed by atoms with E-state index < -0.39 is 0 Å².